The van der Waals surface area contributed by atoms with Crippen LogP contribution < -0.4 is 20.1 Å². The van der Waals surface area contributed by atoms with Crippen molar-refractivity contribution in [3.05, 3.63) is 159 Å². The molecule has 17 nitrogen and oxygen atoms in total. The number of nitrogen functional groups attached to an aromatic ring is 1. The van der Waals surface area contributed by atoms with E-state index in [0.29, 0.717) is 125 Å². The molecule has 2 aromatic heterocycles. The molecule has 2 bridgehead atoms. The van der Waals surface area contributed by atoms with Crippen LogP contribution in [-0.2, 0) is 22.7 Å². The van der Waals surface area contributed by atoms with Crippen molar-refractivity contribution in [2.45, 2.75) is 148 Å². The summed E-state index contributed by atoms with van der Waals surface area (Å²) in [7, 11) is 1.60. The molecule has 4 amide bonds. The van der Waals surface area contributed by atoms with Gasteiger partial charge >= 0.3 is 6.03 Å². The number of Topliss-reactive ketones (excluding diaryl/α,β-unsaturated/α-hetero) is 1. The Labute approximate surface area is 507 Å². The Kier molecular flexibility index (Phi) is 18.1. The second kappa shape index (κ2) is 26.1. The molecule has 4 aliphatic heterocycles. The highest BCUT2D eigenvalue weighted by Crippen LogP contribution is 2.48. The Balaban J connectivity index is 0.673. The minimum atomic E-state index is -0.561. The molecule has 4 aromatic carbocycles. The van der Waals surface area contributed by atoms with Gasteiger partial charge in [-0.25, -0.2) is 14.2 Å². The number of aliphatic imine (C=N–C) groups is 1. The molecule has 3 atom stereocenters. The summed E-state index contributed by atoms with van der Waals surface area (Å²) in [6, 6.07) is 26.0. The van der Waals surface area contributed by atoms with Crippen LogP contribution in [0.25, 0.3) is 16.0 Å². The van der Waals surface area contributed by atoms with E-state index in [0.717, 1.165) is 80.9 Å². The number of unbranched alkanes of at least 4 members (excludes halogenated alkanes) is 5. The Morgan fingerprint density at radius 1 is 0.826 bits per heavy atom. The van der Waals surface area contributed by atoms with E-state index in [1.54, 1.807) is 33.9 Å². The molecule has 0 radical (unpaired) electrons. The highest BCUT2D eigenvalue weighted by molar-refractivity contribution is 6.30. The number of hydrogen-bond acceptors (Lipinski definition) is 11. The van der Waals surface area contributed by atoms with Crippen LogP contribution in [0, 0.1) is 19.3 Å². The van der Waals surface area contributed by atoms with Gasteiger partial charge in [-0.2, -0.15) is 4.68 Å². The monoisotopic (exact) mass is 1180 g/mol. The van der Waals surface area contributed by atoms with E-state index < -0.39 is 17.9 Å². The molecule has 11 rings (SSSR count). The van der Waals surface area contributed by atoms with E-state index in [4.69, 9.17) is 43.5 Å². The zero-order valence-electron chi connectivity index (χ0n) is 49.5. The van der Waals surface area contributed by atoms with Gasteiger partial charge in [0, 0.05) is 73.5 Å². The maximum absolute atomic E-state index is 15.2. The fraction of sp³-hybridized carbons (Fsp3) is 0.433. The standard InChI is InChI=1S/C67H75ClFN11O6/c1-42(2)86-58-38-51(85-5)28-30-53(58)64-73-61(44-19-17-43(3)18-20-44)62(45-21-23-47(68)24-22-45)80(64)67(84)76-35-34-75(59(82)41-76)31-11-9-7-6-8-10-14-50(81)15-12-33-79-65(71-4)60-46-36-57(63(70)72-39-46)77-32-13-16-56(77)54-37-48(69)25-29-52(54)66(83)78(49-26-27-49)40-55(60)74-79/h17-25,28-30,36-39,42,49,56,61-62H,6-16,26-27,31-35,40-41H2,1-3,5H3,(H2,70,72)/t56-,61+,62-/m1/s1. The molecule has 6 heterocycles. The first-order valence-electron chi connectivity index (χ1n) is 30.4. The average molecular weight is 1180 g/mol. The first-order valence-corrected chi connectivity index (χ1v) is 30.8. The number of amidine groups is 1. The van der Waals surface area contributed by atoms with Crippen LogP contribution in [0.3, 0.4) is 0 Å². The third-order valence-corrected chi connectivity index (χ3v) is 17.5. The van der Waals surface area contributed by atoms with Gasteiger partial charge in [0.15, 0.2) is 0 Å². The lowest BCUT2D eigenvalue weighted by Gasteiger charge is -2.38. The lowest BCUT2D eigenvalue weighted by atomic mass is 9.93. The molecule has 19 heteroatoms. The van der Waals surface area contributed by atoms with Crippen LogP contribution in [0.15, 0.2) is 102 Å². The van der Waals surface area contributed by atoms with Crippen LogP contribution in [0.1, 0.15) is 159 Å². The summed E-state index contributed by atoms with van der Waals surface area (Å²) < 4.78 is 28.6. The third-order valence-electron chi connectivity index (χ3n) is 17.3. The molecule has 2 N–H and O–H groups in total. The highest BCUT2D eigenvalue weighted by Gasteiger charge is 2.46. The quantitative estimate of drug-likeness (QED) is 0.0572. The first-order chi connectivity index (χ1) is 41.7. The van der Waals surface area contributed by atoms with Crippen molar-refractivity contribution in [3.8, 4) is 22.6 Å². The molecule has 1 saturated carbocycles. The van der Waals surface area contributed by atoms with Gasteiger partial charge in [-0.05, 0) is 137 Å². The minimum Gasteiger partial charge on any atom is -0.497 e. The molecule has 6 aromatic rings. The van der Waals surface area contributed by atoms with Gasteiger partial charge in [-0.1, -0.05) is 85.8 Å². The number of aromatic nitrogens is 3. The smallest absolute Gasteiger partial charge is 0.326 e. The number of pyridine rings is 1. The van der Waals surface area contributed by atoms with E-state index in [1.165, 1.54) is 12.1 Å². The zero-order valence-corrected chi connectivity index (χ0v) is 50.3. The summed E-state index contributed by atoms with van der Waals surface area (Å²) in [5.74, 6) is 1.68. The molecule has 86 heavy (non-hydrogen) atoms. The Morgan fingerprint density at radius 2 is 1.56 bits per heavy atom. The highest BCUT2D eigenvalue weighted by atomic mass is 35.5. The van der Waals surface area contributed by atoms with Crippen LogP contribution in [0.4, 0.5) is 26.5 Å². The molecular formula is C67H75ClFN11O6. The van der Waals surface area contributed by atoms with Crippen molar-refractivity contribution in [2.75, 3.05) is 50.5 Å². The largest absolute Gasteiger partial charge is 0.497 e. The second-order valence-electron chi connectivity index (χ2n) is 23.7. The number of fused-ring (bicyclic) bond motifs is 8. The van der Waals surface area contributed by atoms with E-state index in [1.807, 2.05) is 91.2 Å². The molecule has 3 fully saturated rings. The van der Waals surface area contributed by atoms with Gasteiger partial charge in [0.2, 0.25) is 5.91 Å². The number of rotatable bonds is 20. The topological polar surface area (TPSA) is 176 Å². The van der Waals surface area contributed by atoms with Gasteiger partial charge in [0.05, 0.1) is 49.6 Å². The third kappa shape index (κ3) is 12.8. The van der Waals surface area contributed by atoms with Crippen LogP contribution in [-0.4, -0.2) is 116 Å². The number of benzene rings is 4. The minimum absolute atomic E-state index is 0.00273. The second-order valence-corrected chi connectivity index (χ2v) is 24.1. The fourth-order valence-corrected chi connectivity index (χ4v) is 12.9. The Morgan fingerprint density at radius 3 is 2.29 bits per heavy atom. The number of hydrogen-bond donors (Lipinski definition) is 1. The predicted octanol–water partition coefficient (Wildman–Crippen LogP) is 13.0. The number of anilines is 2. The summed E-state index contributed by atoms with van der Waals surface area (Å²) in [6.45, 7) is 16.8. The molecule has 1 aliphatic carbocycles. The number of amides is 4. The van der Waals surface area contributed by atoms with Crippen LogP contribution in [0.2, 0.25) is 5.02 Å². The summed E-state index contributed by atoms with van der Waals surface area (Å²) in [4.78, 5) is 80.1. The lowest BCUT2D eigenvalue weighted by molar-refractivity contribution is -0.135. The number of carbonyl (C=O) groups excluding carboxylic acids is 4. The van der Waals surface area contributed by atoms with E-state index in [2.05, 4.69) is 26.9 Å². The van der Waals surface area contributed by atoms with Crippen molar-refractivity contribution >= 4 is 58.4 Å². The molecule has 0 spiro atoms. The van der Waals surface area contributed by atoms with Crippen molar-refractivity contribution < 1.29 is 33.0 Å². The number of urea groups is 1. The molecule has 0 unspecified atom stereocenters. The summed E-state index contributed by atoms with van der Waals surface area (Å²) in [6.07, 6.45) is 11.4. The SMILES string of the molecule is [C-]#[N+]c1c2c(nn1CCCC(=O)CCCCCCCCN1CCN(C(=O)N3C(c4ccc(OC)cc4OC(C)C)=N[C@@H](c4ccc(C)cc4)[C@H]3c3ccc(Cl)cc3)CC1=O)CN(C1CC1)C(=O)c1ccc(F)cc1[C@H]1CCCN1c1cc-2cnc1N. The number of piperazine rings is 1. The number of nitrogens with zero attached hydrogens (tertiary/aromatic N) is 10. The summed E-state index contributed by atoms with van der Waals surface area (Å²) >= 11 is 6.42. The van der Waals surface area contributed by atoms with E-state index >= 15 is 4.79 Å². The number of aryl methyl sites for hydroxylation is 2. The van der Waals surface area contributed by atoms with Crippen LogP contribution >= 0.6 is 11.6 Å². The van der Waals surface area contributed by atoms with Gasteiger partial charge < -0.3 is 39.7 Å². The van der Waals surface area contributed by atoms with Crippen molar-refractivity contribution in [2.24, 2.45) is 4.99 Å². The normalized spacial score (nSPS) is 18.5. The van der Waals surface area contributed by atoms with Crippen molar-refractivity contribution in [1.82, 2.24) is 34.4 Å². The number of ether oxygens (including phenoxy) is 2. The zero-order chi connectivity index (χ0) is 60.2. The summed E-state index contributed by atoms with van der Waals surface area (Å²) in [5, 5.41) is 5.56. The number of methoxy groups -OCH3 is 1. The average Bonchev–Trinajstić information content (AvgIpc) is 1.66. The van der Waals surface area contributed by atoms with Crippen molar-refractivity contribution in [1.29, 1.82) is 0 Å². The van der Waals surface area contributed by atoms with Crippen LogP contribution in [0.5, 0.6) is 11.5 Å². The van der Waals surface area contributed by atoms with Gasteiger partial charge in [0.1, 0.15) is 53.0 Å². The van der Waals surface area contributed by atoms with E-state index in [9.17, 15) is 18.8 Å². The molecular weight excluding hydrogens is 1110 g/mol. The fourth-order valence-electron chi connectivity index (χ4n) is 12.7. The lowest BCUT2D eigenvalue weighted by Crippen LogP contribution is -2.56. The van der Waals surface area contributed by atoms with Gasteiger partial charge in [-0.3, -0.25) is 24.3 Å². The van der Waals surface area contributed by atoms with E-state index in [-0.39, 0.29) is 54.9 Å². The molecule has 5 aliphatic rings. The molecule has 2 saturated heterocycles. The summed E-state index contributed by atoms with van der Waals surface area (Å²) in [5.41, 5.74) is 13.7. The maximum Gasteiger partial charge on any atom is 0.326 e. The molecule has 448 valence electrons. The first kappa shape index (κ1) is 59.4. The Bertz CT molecular complexity index is 3580. The van der Waals surface area contributed by atoms with Gasteiger partial charge in [0.25, 0.3) is 11.7 Å². The number of ketones is 1. The Hall–Kier alpha value is -8.30. The maximum atomic E-state index is 15.2. The number of halogens is 2. The van der Waals surface area contributed by atoms with Crippen molar-refractivity contribution in [3.63, 3.8) is 0 Å². The van der Waals surface area contributed by atoms with Gasteiger partial charge in [-0.15, -0.1) is 5.10 Å². The number of nitrogens with two attached hydrogens (primary N) is 1. The number of carbonyl (C=O) groups is 4. The predicted molar refractivity (Wildman–Crippen MR) is 330 cm³/mol.